The number of thiazole rings is 1. The van der Waals surface area contributed by atoms with E-state index in [0.717, 1.165) is 16.9 Å². The number of morpholine rings is 1. The van der Waals surface area contributed by atoms with Gasteiger partial charge in [0.15, 0.2) is 5.13 Å². The molecule has 2 heterocycles. The molecule has 1 aliphatic rings. The van der Waals surface area contributed by atoms with Crippen molar-refractivity contribution in [3.63, 3.8) is 0 Å². The molecule has 8 nitrogen and oxygen atoms in total. The Morgan fingerprint density at radius 3 is 2.44 bits per heavy atom. The Balaban J connectivity index is 0.00000289. The number of benzene rings is 2. The van der Waals surface area contributed by atoms with Crippen LogP contribution in [0.1, 0.15) is 0 Å². The second-order valence-electron chi connectivity index (χ2n) is 6.77. The van der Waals surface area contributed by atoms with Gasteiger partial charge in [-0.2, -0.15) is 4.31 Å². The van der Waals surface area contributed by atoms with E-state index in [9.17, 15) is 8.42 Å². The van der Waals surface area contributed by atoms with Crippen LogP contribution in [-0.4, -0.2) is 58.2 Å². The highest BCUT2D eigenvalue weighted by Crippen LogP contribution is 2.34. The van der Waals surface area contributed by atoms with Crippen molar-refractivity contribution in [3.05, 3.63) is 47.8 Å². The van der Waals surface area contributed by atoms with Crippen molar-refractivity contribution in [2.24, 2.45) is 0 Å². The summed E-state index contributed by atoms with van der Waals surface area (Å²) >= 11 is 1.45. The van der Waals surface area contributed by atoms with Crippen LogP contribution in [0.4, 0.5) is 10.8 Å². The number of ether oxygens (including phenoxy) is 3. The van der Waals surface area contributed by atoms with Gasteiger partial charge in [-0.05, 0) is 24.3 Å². The van der Waals surface area contributed by atoms with Crippen molar-refractivity contribution < 1.29 is 22.6 Å². The van der Waals surface area contributed by atoms with E-state index in [-0.39, 0.29) is 21.9 Å². The van der Waals surface area contributed by atoms with Gasteiger partial charge in [-0.25, -0.2) is 13.4 Å². The van der Waals surface area contributed by atoms with Gasteiger partial charge >= 0.3 is 0 Å². The Hall–Kier alpha value is -2.18. The van der Waals surface area contributed by atoms with Gasteiger partial charge in [0, 0.05) is 30.1 Å². The lowest BCUT2D eigenvalue weighted by molar-refractivity contribution is 0.0730. The molecule has 3 aromatic rings. The first kappa shape index (κ1) is 24.5. The number of hydrogen-bond acceptors (Lipinski definition) is 8. The fraction of sp³-hybridized carbons (Fsp3) is 0.286. The largest absolute Gasteiger partial charge is 0.497 e. The molecule has 0 radical (unpaired) electrons. The predicted molar refractivity (Wildman–Crippen MR) is 130 cm³/mol. The van der Waals surface area contributed by atoms with E-state index in [4.69, 9.17) is 14.2 Å². The maximum absolute atomic E-state index is 12.8. The summed E-state index contributed by atoms with van der Waals surface area (Å²) < 4.78 is 42.9. The first-order valence-corrected chi connectivity index (χ1v) is 12.0. The summed E-state index contributed by atoms with van der Waals surface area (Å²) in [5.74, 6) is 1.38. The molecule has 0 amide bonds. The fourth-order valence-corrected chi connectivity index (χ4v) is 5.36. The normalized spacial score (nSPS) is 14.4. The minimum absolute atomic E-state index is 0. The lowest BCUT2D eigenvalue weighted by Gasteiger charge is -2.26. The second-order valence-corrected chi connectivity index (χ2v) is 9.57. The molecule has 4 rings (SSSR count). The van der Waals surface area contributed by atoms with Gasteiger partial charge in [0.05, 0.1) is 43.7 Å². The Bertz CT molecular complexity index is 1150. The molecule has 1 aliphatic heterocycles. The van der Waals surface area contributed by atoms with Crippen molar-refractivity contribution in [1.82, 2.24) is 9.29 Å². The highest BCUT2D eigenvalue weighted by atomic mass is 79.9. The predicted octanol–water partition coefficient (Wildman–Crippen LogP) is 4.17. The minimum Gasteiger partial charge on any atom is -0.497 e. The quantitative estimate of drug-likeness (QED) is 0.480. The zero-order chi connectivity index (χ0) is 21.8. The van der Waals surface area contributed by atoms with Crippen LogP contribution in [0.25, 0.3) is 11.3 Å². The van der Waals surface area contributed by atoms with E-state index >= 15 is 0 Å². The van der Waals surface area contributed by atoms with Crippen LogP contribution in [-0.2, 0) is 14.8 Å². The van der Waals surface area contributed by atoms with E-state index in [0.29, 0.717) is 42.9 Å². The monoisotopic (exact) mass is 541 g/mol. The topological polar surface area (TPSA) is 90.0 Å². The summed E-state index contributed by atoms with van der Waals surface area (Å²) in [5.41, 5.74) is 2.34. The number of hydrogen-bond donors (Lipinski definition) is 1. The van der Waals surface area contributed by atoms with Crippen LogP contribution in [0.2, 0.25) is 0 Å². The molecule has 0 saturated carbocycles. The zero-order valence-electron chi connectivity index (χ0n) is 17.6. The number of aromatic nitrogens is 1. The van der Waals surface area contributed by atoms with Crippen LogP contribution in [0.3, 0.4) is 0 Å². The van der Waals surface area contributed by atoms with Gasteiger partial charge in [-0.1, -0.05) is 12.1 Å². The molecule has 1 aromatic heterocycles. The molecule has 0 spiro atoms. The number of nitrogens with zero attached hydrogens (tertiary/aromatic N) is 2. The maximum Gasteiger partial charge on any atom is 0.243 e. The van der Waals surface area contributed by atoms with E-state index in [1.165, 1.54) is 15.6 Å². The molecule has 0 unspecified atom stereocenters. The second kappa shape index (κ2) is 10.6. The summed E-state index contributed by atoms with van der Waals surface area (Å²) in [6.07, 6.45) is 0. The van der Waals surface area contributed by atoms with Gasteiger partial charge in [0.2, 0.25) is 10.0 Å². The molecular formula is C21H24BrN3O5S2. The third-order valence-corrected chi connectivity index (χ3v) is 7.58. The van der Waals surface area contributed by atoms with E-state index in [1.807, 2.05) is 23.6 Å². The van der Waals surface area contributed by atoms with E-state index in [1.54, 1.807) is 38.5 Å². The molecule has 1 fully saturated rings. The van der Waals surface area contributed by atoms with Gasteiger partial charge in [-0.15, -0.1) is 28.3 Å². The summed E-state index contributed by atoms with van der Waals surface area (Å²) in [6.45, 7) is 1.59. The molecule has 0 bridgehead atoms. The van der Waals surface area contributed by atoms with Gasteiger partial charge in [-0.3, -0.25) is 0 Å². The molecular weight excluding hydrogens is 518 g/mol. The third-order valence-electron chi connectivity index (χ3n) is 4.91. The van der Waals surface area contributed by atoms with Crippen LogP contribution in [0, 0.1) is 0 Å². The van der Waals surface area contributed by atoms with Gasteiger partial charge in [0.1, 0.15) is 11.5 Å². The van der Waals surface area contributed by atoms with Crippen molar-refractivity contribution in [1.29, 1.82) is 0 Å². The van der Waals surface area contributed by atoms with E-state index < -0.39 is 10.0 Å². The highest BCUT2D eigenvalue weighted by Gasteiger charge is 2.26. The van der Waals surface area contributed by atoms with Crippen LogP contribution < -0.4 is 14.8 Å². The van der Waals surface area contributed by atoms with Gasteiger partial charge < -0.3 is 19.5 Å². The molecule has 2 aromatic carbocycles. The molecule has 32 heavy (non-hydrogen) atoms. The summed E-state index contributed by atoms with van der Waals surface area (Å²) in [7, 11) is -0.302. The van der Waals surface area contributed by atoms with E-state index in [2.05, 4.69) is 10.3 Å². The average molecular weight is 542 g/mol. The summed E-state index contributed by atoms with van der Waals surface area (Å²) in [6, 6.07) is 12.3. The minimum atomic E-state index is -3.51. The van der Waals surface area contributed by atoms with Crippen LogP contribution in [0.5, 0.6) is 11.5 Å². The Labute approximate surface area is 202 Å². The van der Waals surface area contributed by atoms with Crippen molar-refractivity contribution in [3.8, 4) is 22.8 Å². The Kier molecular flexibility index (Phi) is 8.12. The molecule has 0 aliphatic carbocycles. The number of methoxy groups -OCH3 is 2. The van der Waals surface area contributed by atoms with Crippen molar-refractivity contribution >= 4 is 49.2 Å². The lowest BCUT2D eigenvalue weighted by Crippen LogP contribution is -2.40. The Morgan fingerprint density at radius 2 is 1.78 bits per heavy atom. The Morgan fingerprint density at radius 1 is 1.06 bits per heavy atom. The molecule has 1 N–H and O–H groups in total. The standard InChI is InChI=1S/C21H23N3O5S2.BrH/c1-27-16-5-8-20(28-2)18(13-16)22-21-23-19(14-30-21)15-3-6-17(7-4-15)31(25,26)24-9-11-29-12-10-24;/h3-8,13-14H,9-12H2,1-2H3,(H,22,23);1H. The zero-order valence-corrected chi connectivity index (χ0v) is 21.0. The first-order chi connectivity index (χ1) is 15.0. The fourth-order valence-electron chi connectivity index (χ4n) is 3.22. The van der Waals surface area contributed by atoms with Crippen LogP contribution in [0.15, 0.2) is 52.7 Å². The average Bonchev–Trinajstić information content (AvgIpc) is 3.28. The summed E-state index contributed by atoms with van der Waals surface area (Å²) in [4.78, 5) is 4.89. The number of halogens is 1. The summed E-state index contributed by atoms with van der Waals surface area (Å²) in [5, 5.41) is 5.86. The number of sulfonamides is 1. The first-order valence-electron chi connectivity index (χ1n) is 9.64. The number of anilines is 2. The molecule has 172 valence electrons. The number of rotatable bonds is 7. The third kappa shape index (κ3) is 5.24. The van der Waals surface area contributed by atoms with Crippen LogP contribution >= 0.6 is 28.3 Å². The van der Waals surface area contributed by atoms with Crippen molar-refractivity contribution in [2.45, 2.75) is 4.90 Å². The van der Waals surface area contributed by atoms with Gasteiger partial charge in [0.25, 0.3) is 0 Å². The highest BCUT2D eigenvalue weighted by molar-refractivity contribution is 8.93. The molecule has 11 heteroatoms. The molecule has 1 saturated heterocycles. The molecule has 0 atom stereocenters. The smallest absolute Gasteiger partial charge is 0.243 e. The lowest BCUT2D eigenvalue weighted by atomic mass is 10.2. The maximum atomic E-state index is 12.8. The SMILES string of the molecule is Br.COc1ccc(OC)c(Nc2nc(-c3ccc(S(=O)(=O)N4CCOCC4)cc3)cs2)c1. The van der Waals surface area contributed by atoms with Crippen molar-refractivity contribution in [2.75, 3.05) is 45.8 Å². The number of nitrogens with one attached hydrogen (secondary N) is 1.